The SMILES string of the molecule is CCOC(=O)/C(=C\Nc1ccccc1Cl)NO. The molecule has 0 aromatic heterocycles. The van der Waals surface area contributed by atoms with Crippen LogP contribution in [0.2, 0.25) is 5.02 Å². The number of para-hydroxylation sites is 1. The summed E-state index contributed by atoms with van der Waals surface area (Å²) >= 11 is 5.90. The molecule has 1 aromatic carbocycles. The largest absolute Gasteiger partial charge is 0.461 e. The monoisotopic (exact) mass is 256 g/mol. The maximum absolute atomic E-state index is 11.3. The Morgan fingerprint density at radius 2 is 2.24 bits per heavy atom. The zero-order valence-corrected chi connectivity index (χ0v) is 9.99. The van der Waals surface area contributed by atoms with Gasteiger partial charge in [-0.25, -0.2) is 4.79 Å². The average Bonchev–Trinajstić information content (AvgIpc) is 2.32. The number of hydroxylamine groups is 1. The van der Waals surface area contributed by atoms with Gasteiger partial charge in [0.05, 0.1) is 17.3 Å². The summed E-state index contributed by atoms with van der Waals surface area (Å²) < 4.78 is 4.71. The molecule has 3 N–H and O–H groups in total. The second-order valence-electron chi connectivity index (χ2n) is 3.01. The van der Waals surface area contributed by atoms with Crippen LogP contribution in [0.1, 0.15) is 6.92 Å². The molecule has 0 aliphatic rings. The summed E-state index contributed by atoms with van der Waals surface area (Å²) in [5.41, 5.74) is 2.27. The average molecular weight is 257 g/mol. The van der Waals surface area contributed by atoms with E-state index in [-0.39, 0.29) is 12.3 Å². The third kappa shape index (κ3) is 3.97. The van der Waals surface area contributed by atoms with E-state index in [4.69, 9.17) is 21.5 Å². The molecule has 0 amide bonds. The predicted molar refractivity (Wildman–Crippen MR) is 64.7 cm³/mol. The van der Waals surface area contributed by atoms with Crippen LogP contribution in [0.5, 0.6) is 0 Å². The van der Waals surface area contributed by atoms with Gasteiger partial charge in [0, 0.05) is 6.20 Å². The van der Waals surface area contributed by atoms with Gasteiger partial charge in [-0.05, 0) is 19.1 Å². The zero-order valence-electron chi connectivity index (χ0n) is 9.24. The van der Waals surface area contributed by atoms with Gasteiger partial charge < -0.3 is 10.1 Å². The first-order valence-electron chi connectivity index (χ1n) is 4.97. The van der Waals surface area contributed by atoms with E-state index in [9.17, 15) is 4.79 Å². The Kier molecular flexibility index (Phi) is 5.32. The van der Waals surface area contributed by atoms with Gasteiger partial charge in [-0.2, -0.15) is 0 Å². The third-order valence-corrected chi connectivity index (χ3v) is 2.19. The number of ether oxygens (including phenoxy) is 1. The summed E-state index contributed by atoms with van der Waals surface area (Å²) in [4.78, 5) is 11.3. The minimum absolute atomic E-state index is 0.105. The predicted octanol–water partition coefficient (Wildman–Crippen LogP) is 2.14. The minimum Gasteiger partial charge on any atom is -0.461 e. The molecular weight excluding hydrogens is 244 g/mol. The zero-order chi connectivity index (χ0) is 12.7. The van der Waals surface area contributed by atoms with E-state index < -0.39 is 5.97 Å². The minimum atomic E-state index is -0.658. The molecule has 0 heterocycles. The molecule has 0 saturated carbocycles. The Morgan fingerprint density at radius 1 is 1.53 bits per heavy atom. The van der Waals surface area contributed by atoms with E-state index in [0.29, 0.717) is 10.7 Å². The fourth-order valence-corrected chi connectivity index (χ4v) is 1.26. The molecular formula is C11H13ClN2O3. The first kappa shape index (κ1) is 13.3. The molecule has 0 aliphatic carbocycles. The summed E-state index contributed by atoms with van der Waals surface area (Å²) in [6, 6.07) is 7.01. The van der Waals surface area contributed by atoms with E-state index >= 15 is 0 Å². The number of halogens is 1. The normalized spacial score (nSPS) is 10.9. The molecule has 0 fully saturated rings. The van der Waals surface area contributed by atoms with Crippen molar-refractivity contribution in [2.75, 3.05) is 11.9 Å². The van der Waals surface area contributed by atoms with Crippen LogP contribution in [0.25, 0.3) is 0 Å². The molecule has 92 valence electrons. The maximum atomic E-state index is 11.3. The molecule has 17 heavy (non-hydrogen) atoms. The summed E-state index contributed by atoms with van der Waals surface area (Å²) in [5, 5.41) is 12.1. The molecule has 0 saturated heterocycles. The third-order valence-electron chi connectivity index (χ3n) is 1.86. The first-order chi connectivity index (χ1) is 8.19. The second-order valence-corrected chi connectivity index (χ2v) is 3.42. The van der Waals surface area contributed by atoms with Gasteiger partial charge in [-0.3, -0.25) is 10.7 Å². The van der Waals surface area contributed by atoms with Gasteiger partial charge in [0.15, 0.2) is 5.70 Å². The summed E-state index contributed by atoms with van der Waals surface area (Å²) in [7, 11) is 0. The van der Waals surface area contributed by atoms with Gasteiger partial charge in [0.25, 0.3) is 0 Å². The Balaban J connectivity index is 2.74. The van der Waals surface area contributed by atoms with Crippen molar-refractivity contribution < 1.29 is 14.7 Å². The van der Waals surface area contributed by atoms with Crippen molar-refractivity contribution in [2.24, 2.45) is 0 Å². The molecule has 0 radical (unpaired) electrons. The number of esters is 1. The van der Waals surface area contributed by atoms with Crippen LogP contribution in [0.3, 0.4) is 0 Å². The topological polar surface area (TPSA) is 70.6 Å². The first-order valence-corrected chi connectivity index (χ1v) is 5.35. The van der Waals surface area contributed by atoms with Crippen molar-refractivity contribution in [1.82, 2.24) is 5.48 Å². The van der Waals surface area contributed by atoms with Gasteiger partial charge in [0.2, 0.25) is 0 Å². The van der Waals surface area contributed by atoms with Crippen LogP contribution in [-0.4, -0.2) is 17.8 Å². The highest BCUT2D eigenvalue weighted by molar-refractivity contribution is 6.33. The van der Waals surface area contributed by atoms with Crippen LogP contribution in [0.4, 0.5) is 5.69 Å². The van der Waals surface area contributed by atoms with Crippen LogP contribution >= 0.6 is 11.6 Å². The van der Waals surface area contributed by atoms with E-state index in [1.807, 2.05) is 0 Å². The van der Waals surface area contributed by atoms with Gasteiger partial charge in [-0.1, -0.05) is 23.7 Å². The number of rotatable bonds is 5. The number of hydrogen-bond acceptors (Lipinski definition) is 5. The standard InChI is InChI=1S/C11H13ClN2O3/c1-2-17-11(15)10(14-16)7-13-9-6-4-3-5-8(9)12/h3-7,13-14,16H,2H2,1H3/b10-7+. The number of benzene rings is 1. The number of carbonyl (C=O) groups is 1. The Bertz CT molecular complexity index is 421. The molecule has 5 nitrogen and oxygen atoms in total. The lowest BCUT2D eigenvalue weighted by molar-refractivity contribution is -0.140. The smallest absolute Gasteiger partial charge is 0.358 e. The molecule has 0 spiro atoms. The Hall–Kier alpha value is -1.72. The van der Waals surface area contributed by atoms with E-state index in [1.165, 1.54) is 6.20 Å². The van der Waals surface area contributed by atoms with E-state index in [0.717, 1.165) is 0 Å². The number of carbonyl (C=O) groups excluding carboxylic acids is 1. The van der Waals surface area contributed by atoms with Gasteiger partial charge in [0.1, 0.15) is 0 Å². The van der Waals surface area contributed by atoms with Crippen LogP contribution < -0.4 is 10.8 Å². The molecule has 0 unspecified atom stereocenters. The Labute approximate surface area is 104 Å². The fraction of sp³-hybridized carbons (Fsp3) is 0.182. The van der Waals surface area contributed by atoms with Crippen molar-refractivity contribution in [2.45, 2.75) is 6.92 Å². The molecule has 6 heteroatoms. The lowest BCUT2D eigenvalue weighted by atomic mass is 10.3. The van der Waals surface area contributed by atoms with Crippen molar-refractivity contribution in [1.29, 1.82) is 0 Å². The van der Waals surface area contributed by atoms with Crippen LogP contribution in [0.15, 0.2) is 36.2 Å². The molecule has 1 rings (SSSR count). The van der Waals surface area contributed by atoms with Crippen molar-refractivity contribution in [3.8, 4) is 0 Å². The number of nitrogens with one attached hydrogen (secondary N) is 2. The van der Waals surface area contributed by atoms with Crippen molar-refractivity contribution in [3.05, 3.63) is 41.2 Å². The summed E-state index contributed by atoms with van der Waals surface area (Å²) in [5.74, 6) is -0.658. The van der Waals surface area contributed by atoms with Crippen molar-refractivity contribution >= 4 is 23.3 Å². The van der Waals surface area contributed by atoms with Crippen molar-refractivity contribution in [3.63, 3.8) is 0 Å². The fourth-order valence-electron chi connectivity index (χ4n) is 1.07. The van der Waals surface area contributed by atoms with Crippen LogP contribution in [-0.2, 0) is 9.53 Å². The van der Waals surface area contributed by atoms with E-state index in [1.54, 1.807) is 36.7 Å². The molecule has 0 bridgehead atoms. The lowest BCUT2D eigenvalue weighted by Gasteiger charge is -2.07. The maximum Gasteiger partial charge on any atom is 0.358 e. The Morgan fingerprint density at radius 3 is 2.82 bits per heavy atom. The molecule has 1 aromatic rings. The molecule has 0 aliphatic heterocycles. The highest BCUT2D eigenvalue weighted by Crippen LogP contribution is 2.20. The summed E-state index contributed by atoms with van der Waals surface area (Å²) in [6.45, 7) is 1.90. The van der Waals surface area contributed by atoms with E-state index in [2.05, 4.69) is 5.32 Å². The second kappa shape index (κ2) is 6.78. The van der Waals surface area contributed by atoms with Gasteiger partial charge in [-0.15, -0.1) is 0 Å². The number of anilines is 1. The quantitative estimate of drug-likeness (QED) is 0.428. The van der Waals surface area contributed by atoms with Crippen LogP contribution in [0, 0.1) is 0 Å². The highest BCUT2D eigenvalue weighted by Gasteiger charge is 2.09. The lowest BCUT2D eigenvalue weighted by Crippen LogP contribution is -2.20. The van der Waals surface area contributed by atoms with Gasteiger partial charge >= 0.3 is 5.97 Å². The summed E-state index contributed by atoms with van der Waals surface area (Å²) in [6.07, 6.45) is 1.28. The number of hydrogen-bond donors (Lipinski definition) is 3. The molecule has 0 atom stereocenters. The highest BCUT2D eigenvalue weighted by atomic mass is 35.5.